The summed E-state index contributed by atoms with van der Waals surface area (Å²) in [5, 5.41) is 12.3. The standard InChI is InChI=1S/C20H24N4S/c1-23(15-19-22-7-10-25-19)18-12-20(18)5-8-24(9-6-20)14-17-4-2-3-16(11-17)13-21/h2-4,7,10-11,18H,5-6,8-9,12,14-15H2,1H3/t18-/m1/s1. The molecule has 1 atom stereocenters. The van der Waals surface area contributed by atoms with Crippen LogP contribution in [0.15, 0.2) is 35.8 Å². The molecule has 0 unspecified atom stereocenters. The van der Waals surface area contributed by atoms with E-state index in [9.17, 15) is 0 Å². The monoisotopic (exact) mass is 352 g/mol. The molecule has 130 valence electrons. The molecule has 0 bridgehead atoms. The van der Waals surface area contributed by atoms with Gasteiger partial charge in [0.1, 0.15) is 5.01 Å². The Morgan fingerprint density at radius 3 is 2.96 bits per heavy atom. The number of thiazole rings is 1. The lowest BCUT2D eigenvalue weighted by Gasteiger charge is -2.34. The van der Waals surface area contributed by atoms with Crippen molar-refractivity contribution in [1.29, 1.82) is 5.26 Å². The zero-order valence-electron chi connectivity index (χ0n) is 14.7. The molecule has 4 rings (SSSR count). The second-order valence-electron chi connectivity index (χ2n) is 7.51. The molecule has 0 N–H and O–H groups in total. The van der Waals surface area contributed by atoms with Gasteiger partial charge in [-0.05, 0) is 62.5 Å². The highest BCUT2D eigenvalue weighted by atomic mass is 32.1. The van der Waals surface area contributed by atoms with Crippen LogP contribution in [0.3, 0.4) is 0 Å². The molecule has 2 aliphatic rings. The topological polar surface area (TPSA) is 43.2 Å². The van der Waals surface area contributed by atoms with Gasteiger partial charge in [-0.3, -0.25) is 9.80 Å². The van der Waals surface area contributed by atoms with Crippen molar-refractivity contribution >= 4 is 11.3 Å². The molecule has 2 heterocycles. The van der Waals surface area contributed by atoms with E-state index in [2.05, 4.69) is 39.3 Å². The van der Waals surface area contributed by atoms with Crippen LogP contribution < -0.4 is 0 Å². The van der Waals surface area contributed by atoms with Gasteiger partial charge in [0.2, 0.25) is 0 Å². The van der Waals surface area contributed by atoms with Crippen molar-refractivity contribution in [2.45, 2.75) is 38.4 Å². The number of piperidine rings is 1. The van der Waals surface area contributed by atoms with E-state index in [-0.39, 0.29) is 0 Å². The smallest absolute Gasteiger partial charge is 0.107 e. The van der Waals surface area contributed by atoms with Gasteiger partial charge in [0.05, 0.1) is 18.2 Å². The number of rotatable bonds is 5. The Kier molecular flexibility index (Phi) is 4.60. The van der Waals surface area contributed by atoms with Gasteiger partial charge < -0.3 is 0 Å². The predicted octanol–water partition coefficient (Wildman–Crippen LogP) is 3.50. The molecular weight excluding hydrogens is 328 g/mol. The highest BCUT2D eigenvalue weighted by Gasteiger charge is 2.56. The average Bonchev–Trinajstić information content (AvgIpc) is 3.08. The number of aromatic nitrogens is 1. The number of likely N-dealkylation sites (tertiary alicyclic amines) is 1. The highest BCUT2D eigenvalue weighted by Crippen LogP contribution is 2.56. The van der Waals surface area contributed by atoms with Gasteiger partial charge in [-0.1, -0.05) is 12.1 Å². The lowest BCUT2D eigenvalue weighted by Crippen LogP contribution is -2.37. The minimum Gasteiger partial charge on any atom is -0.299 e. The average molecular weight is 353 g/mol. The second-order valence-corrected chi connectivity index (χ2v) is 8.49. The molecule has 4 nitrogen and oxygen atoms in total. The Bertz CT molecular complexity index is 756. The third-order valence-corrected chi connectivity index (χ3v) is 6.63. The molecule has 1 aromatic carbocycles. The zero-order valence-corrected chi connectivity index (χ0v) is 15.5. The quantitative estimate of drug-likeness (QED) is 0.826. The van der Waals surface area contributed by atoms with Crippen molar-refractivity contribution in [2.24, 2.45) is 5.41 Å². The van der Waals surface area contributed by atoms with Crippen molar-refractivity contribution in [3.8, 4) is 6.07 Å². The second kappa shape index (κ2) is 6.87. The molecule has 1 saturated heterocycles. The van der Waals surface area contributed by atoms with Crippen LogP contribution in [0.5, 0.6) is 0 Å². The molecule has 1 aliphatic carbocycles. The first kappa shape index (κ1) is 16.7. The maximum Gasteiger partial charge on any atom is 0.107 e. The number of nitriles is 1. The van der Waals surface area contributed by atoms with Crippen LogP contribution in [-0.4, -0.2) is 41.0 Å². The van der Waals surface area contributed by atoms with Crippen LogP contribution in [0.4, 0.5) is 0 Å². The van der Waals surface area contributed by atoms with Crippen molar-refractivity contribution in [3.63, 3.8) is 0 Å². The Balaban J connectivity index is 1.29. The van der Waals surface area contributed by atoms with Crippen molar-refractivity contribution in [3.05, 3.63) is 52.0 Å². The Hall–Kier alpha value is -1.74. The SMILES string of the molecule is CN(Cc1nccs1)[C@@H]1CC12CCN(Cc1cccc(C#N)c1)CC2. The van der Waals surface area contributed by atoms with Crippen LogP contribution in [0.1, 0.15) is 35.4 Å². The van der Waals surface area contributed by atoms with Crippen LogP contribution in [0.25, 0.3) is 0 Å². The summed E-state index contributed by atoms with van der Waals surface area (Å²) in [6.45, 7) is 4.27. The molecule has 0 radical (unpaired) electrons. The van der Waals surface area contributed by atoms with Crippen LogP contribution in [-0.2, 0) is 13.1 Å². The van der Waals surface area contributed by atoms with Crippen molar-refractivity contribution in [1.82, 2.24) is 14.8 Å². The van der Waals surface area contributed by atoms with Gasteiger partial charge in [0, 0.05) is 24.2 Å². The third-order valence-electron chi connectivity index (χ3n) is 5.86. The third kappa shape index (κ3) is 3.62. The predicted molar refractivity (Wildman–Crippen MR) is 100 cm³/mol. The van der Waals surface area contributed by atoms with Gasteiger partial charge in [-0.25, -0.2) is 4.98 Å². The van der Waals surface area contributed by atoms with E-state index >= 15 is 0 Å². The lowest BCUT2D eigenvalue weighted by atomic mass is 9.92. The Labute approximate surface area is 153 Å². The van der Waals surface area contributed by atoms with Crippen LogP contribution >= 0.6 is 11.3 Å². The molecule has 1 saturated carbocycles. The zero-order chi connectivity index (χ0) is 17.3. The van der Waals surface area contributed by atoms with Crippen molar-refractivity contribution < 1.29 is 0 Å². The van der Waals surface area contributed by atoms with Gasteiger partial charge in [-0.15, -0.1) is 11.3 Å². The molecule has 0 amide bonds. The first-order valence-electron chi connectivity index (χ1n) is 8.98. The van der Waals surface area contributed by atoms with Crippen LogP contribution in [0, 0.1) is 16.7 Å². The summed E-state index contributed by atoms with van der Waals surface area (Å²) >= 11 is 1.75. The summed E-state index contributed by atoms with van der Waals surface area (Å²) in [4.78, 5) is 9.46. The summed E-state index contributed by atoms with van der Waals surface area (Å²) in [7, 11) is 2.25. The van der Waals surface area contributed by atoms with Crippen LogP contribution in [0.2, 0.25) is 0 Å². The van der Waals surface area contributed by atoms with E-state index in [1.54, 1.807) is 11.3 Å². The lowest BCUT2D eigenvalue weighted by molar-refractivity contribution is 0.139. The molecular formula is C20H24N4S. The highest BCUT2D eigenvalue weighted by molar-refractivity contribution is 7.09. The maximum atomic E-state index is 9.05. The van der Waals surface area contributed by atoms with E-state index in [0.717, 1.165) is 24.7 Å². The summed E-state index contributed by atoms with van der Waals surface area (Å²) in [5.41, 5.74) is 2.55. The fraction of sp³-hybridized carbons (Fsp3) is 0.500. The Morgan fingerprint density at radius 2 is 2.24 bits per heavy atom. The summed E-state index contributed by atoms with van der Waals surface area (Å²) in [5.74, 6) is 0. The molecule has 25 heavy (non-hydrogen) atoms. The fourth-order valence-electron chi connectivity index (χ4n) is 4.30. The van der Waals surface area contributed by atoms with E-state index in [4.69, 9.17) is 5.26 Å². The van der Waals surface area contributed by atoms with Crippen molar-refractivity contribution in [2.75, 3.05) is 20.1 Å². The van der Waals surface area contributed by atoms with Gasteiger partial charge in [-0.2, -0.15) is 5.26 Å². The molecule has 5 heteroatoms. The normalized spacial score (nSPS) is 22.2. The van der Waals surface area contributed by atoms with E-state index in [1.807, 2.05) is 24.4 Å². The number of hydrogen-bond donors (Lipinski definition) is 0. The molecule has 2 aromatic rings. The number of nitrogens with zero attached hydrogens (tertiary/aromatic N) is 4. The number of benzene rings is 1. The minimum absolute atomic E-state index is 0.539. The largest absolute Gasteiger partial charge is 0.299 e. The molecule has 1 aliphatic heterocycles. The van der Waals surface area contributed by atoms with E-state index in [1.165, 1.54) is 42.9 Å². The molecule has 2 fully saturated rings. The fourth-order valence-corrected chi connectivity index (χ4v) is 4.97. The summed E-state index contributed by atoms with van der Waals surface area (Å²) in [6.07, 6.45) is 5.82. The Morgan fingerprint density at radius 1 is 1.40 bits per heavy atom. The maximum absolute atomic E-state index is 9.05. The first-order valence-corrected chi connectivity index (χ1v) is 9.86. The minimum atomic E-state index is 0.539. The molecule has 1 aromatic heterocycles. The summed E-state index contributed by atoms with van der Waals surface area (Å²) < 4.78 is 0. The summed E-state index contributed by atoms with van der Waals surface area (Å²) in [6, 6.07) is 11.0. The van der Waals surface area contributed by atoms with Gasteiger partial charge >= 0.3 is 0 Å². The molecule has 1 spiro atoms. The van der Waals surface area contributed by atoms with Gasteiger partial charge in [0.25, 0.3) is 0 Å². The van der Waals surface area contributed by atoms with E-state index < -0.39 is 0 Å². The first-order chi connectivity index (χ1) is 12.2. The number of hydrogen-bond acceptors (Lipinski definition) is 5. The van der Waals surface area contributed by atoms with E-state index in [0.29, 0.717) is 5.41 Å². The van der Waals surface area contributed by atoms with Gasteiger partial charge in [0.15, 0.2) is 0 Å².